The van der Waals surface area contributed by atoms with Crippen LogP contribution in [0.4, 0.5) is 0 Å². The molecule has 2 nitrogen and oxygen atoms in total. The fourth-order valence-electron chi connectivity index (χ4n) is 1.76. The van der Waals surface area contributed by atoms with E-state index in [-0.39, 0.29) is 5.57 Å². The lowest BCUT2D eigenvalue weighted by Crippen LogP contribution is -1.99. The molecule has 2 aromatic rings. The van der Waals surface area contributed by atoms with Crippen LogP contribution < -0.4 is 0 Å². The molecule has 0 aromatic heterocycles. The second-order valence-corrected chi connectivity index (χ2v) is 5.94. The maximum atomic E-state index is 11.4. The Balaban J connectivity index is 2.39. The summed E-state index contributed by atoms with van der Waals surface area (Å²) in [6, 6.07) is 15.1. The minimum atomic E-state index is -0.929. The molecule has 0 bridgehead atoms. The molecule has 0 heterocycles. The zero-order chi connectivity index (χ0) is 14.5. The van der Waals surface area contributed by atoms with Crippen molar-refractivity contribution in [3.8, 4) is 0 Å². The summed E-state index contributed by atoms with van der Waals surface area (Å²) in [4.78, 5) is 12.6. The van der Waals surface area contributed by atoms with Gasteiger partial charge in [0.1, 0.15) is 0 Å². The third-order valence-corrected chi connectivity index (χ3v) is 4.08. The molecule has 2 aromatic carbocycles. The lowest BCUT2D eigenvalue weighted by Gasteiger charge is -2.04. The zero-order valence-electron chi connectivity index (χ0n) is 10.8. The molecule has 0 fully saturated rings. The van der Waals surface area contributed by atoms with Gasteiger partial charge in [-0.05, 0) is 47.7 Å². The predicted molar refractivity (Wildman–Crippen MR) is 87.9 cm³/mol. The van der Waals surface area contributed by atoms with Crippen LogP contribution in [-0.2, 0) is 4.79 Å². The second kappa shape index (κ2) is 6.77. The highest BCUT2D eigenvalue weighted by Crippen LogP contribution is 2.22. The number of hydrogen-bond acceptors (Lipinski definition) is 2. The van der Waals surface area contributed by atoms with Crippen molar-refractivity contribution in [1.82, 2.24) is 0 Å². The number of rotatable bonds is 4. The first-order valence-corrected chi connectivity index (χ1v) is 7.97. The minimum Gasteiger partial charge on any atom is -0.478 e. The Bertz CT molecular complexity index is 631. The summed E-state index contributed by atoms with van der Waals surface area (Å²) in [6.45, 7) is 0. The van der Waals surface area contributed by atoms with E-state index in [0.29, 0.717) is 5.56 Å². The summed E-state index contributed by atoms with van der Waals surface area (Å²) < 4.78 is 0.926. The van der Waals surface area contributed by atoms with Crippen LogP contribution in [0.3, 0.4) is 0 Å². The van der Waals surface area contributed by atoms with E-state index in [0.717, 1.165) is 14.9 Å². The number of carboxylic acids is 1. The molecule has 4 heteroatoms. The molecule has 0 unspecified atom stereocenters. The molecule has 0 saturated heterocycles. The van der Waals surface area contributed by atoms with Crippen LogP contribution in [-0.4, -0.2) is 17.3 Å². The second-order valence-electron chi connectivity index (χ2n) is 4.14. The molecule has 0 spiro atoms. The van der Waals surface area contributed by atoms with Crippen LogP contribution in [0.1, 0.15) is 11.1 Å². The fraction of sp³-hybridized carbons (Fsp3) is 0.0625. The summed E-state index contributed by atoms with van der Waals surface area (Å²) >= 11 is 5.00. The smallest absolute Gasteiger partial charge is 0.336 e. The molecule has 0 saturated carbocycles. The number of benzene rings is 2. The van der Waals surface area contributed by atoms with E-state index in [1.165, 1.54) is 0 Å². The van der Waals surface area contributed by atoms with Gasteiger partial charge in [-0.15, -0.1) is 11.8 Å². The maximum Gasteiger partial charge on any atom is 0.336 e. The predicted octanol–water partition coefficient (Wildman–Crippen LogP) is 4.80. The van der Waals surface area contributed by atoms with Crippen LogP contribution in [0.2, 0.25) is 0 Å². The van der Waals surface area contributed by atoms with E-state index >= 15 is 0 Å². The van der Waals surface area contributed by atoms with E-state index in [4.69, 9.17) is 0 Å². The van der Waals surface area contributed by atoms with Crippen LogP contribution in [0.25, 0.3) is 11.6 Å². The standard InChI is InChI=1S/C16H13BrO2S/c1-20-14-8-2-11(3-9-14)10-15(16(18)19)12-4-6-13(17)7-5-12/h2-10H,1H3,(H,18,19)/b15-10-. The van der Waals surface area contributed by atoms with E-state index in [1.807, 2.05) is 42.7 Å². The van der Waals surface area contributed by atoms with E-state index in [2.05, 4.69) is 15.9 Å². The van der Waals surface area contributed by atoms with Gasteiger partial charge < -0.3 is 5.11 Å². The minimum absolute atomic E-state index is 0.286. The fourth-order valence-corrected chi connectivity index (χ4v) is 2.44. The monoisotopic (exact) mass is 348 g/mol. The molecule has 0 aliphatic carbocycles. The van der Waals surface area contributed by atoms with Crippen molar-refractivity contribution in [2.75, 3.05) is 6.26 Å². The quantitative estimate of drug-likeness (QED) is 0.490. The van der Waals surface area contributed by atoms with Gasteiger partial charge in [-0.25, -0.2) is 4.79 Å². The van der Waals surface area contributed by atoms with Crippen molar-refractivity contribution in [2.45, 2.75) is 4.90 Å². The molecule has 0 radical (unpaired) electrons. The van der Waals surface area contributed by atoms with Gasteiger partial charge in [-0.3, -0.25) is 0 Å². The van der Waals surface area contributed by atoms with Crippen molar-refractivity contribution < 1.29 is 9.90 Å². The Morgan fingerprint density at radius 2 is 1.70 bits per heavy atom. The lowest BCUT2D eigenvalue weighted by molar-refractivity contribution is -0.130. The highest BCUT2D eigenvalue weighted by molar-refractivity contribution is 9.10. The van der Waals surface area contributed by atoms with Crippen LogP contribution in [0.15, 0.2) is 57.9 Å². The topological polar surface area (TPSA) is 37.3 Å². The van der Waals surface area contributed by atoms with Crippen LogP contribution >= 0.6 is 27.7 Å². The first-order valence-electron chi connectivity index (χ1n) is 5.95. The maximum absolute atomic E-state index is 11.4. The van der Waals surface area contributed by atoms with E-state index in [9.17, 15) is 9.90 Å². The van der Waals surface area contributed by atoms with Gasteiger partial charge >= 0.3 is 5.97 Å². The van der Waals surface area contributed by atoms with Crippen molar-refractivity contribution in [2.24, 2.45) is 0 Å². The molecule has 102 valence electrons. The molecule has 1 N–H and O–H groups in total. The molecule has 0 aliphatic rings. The average Bonchev–Trinajstić information content (AvgIpc) is 2.46. The average molecular weight is 349 g/mol. The van der Waals surface area contributed by atoms with Crippen molar-refractivity contribution in [3.05, 3.63) is 64.1 Å². The highest BCUT2D eigenvalue weighted by atomic mass is 79.9. The Kier molecular flexibility index (Phi) is 5.04. The van der Waals surface area contributed by atoms with Gasteiger partial charge in [-0.2, -0.15) is 0 Å². The number of hydrogen-bond donors (Lipinski definition) is 1. The van der Waals surface area contributed by atoms with Crippen LogP contribution in [0, 0.1) is 0 Å². The molecular weight excluding hydrogens is 336 g/mol. The van der Waals surface area contributed by atoms with Crippen LogP contribution in [0.5, 0.6) is 0 Å². The summed E-state index contributed by atoms with van der Waals surface area (Å²) in [7, 11) is 0. The first kappa shape index (κ1) is 14.9. The first-order chi connectivity index (χ1) is 9.60. The van der Waals surface area contributed by atoms with Gasteiger partial charge in [0.05, 0.1) is 5.57 Å². The largest absolute Gasteiger partial charge is 0.478 e. The zero-order valence-corrected chi connectivity index (χ0v) is 13.2. The Morgan fingerprint density at radius 3 is 2.20 bits per heavy atom. The molecule has 0 atom stereocenters. The van der Waals surface area contributed by atoms with Crippen molar-refractivity contribution in [3.63, 3.8) is 0 Å². The number of carbonyl (C=O) groups is 1. The summed E-state index contributed by atoms with van der Waals surface area (Å²) in [6.07, 6.45) is 3.70. The van der Waals surface area contributed by atoms with E-state index < -0.39 is 5.97 Å². The van der Waals surface area contributed by atoms with Gasteiger partial charge in [0.15, 0.2) is 0 Å². The molecule has 20 heavy (non-hydrogen) atoms. The van der Waals surface area contributed by atoms with Gasteiger partial charge in [-0.1, -0.05) is 40.2 Å². The number of halogens is 1. The number of thioether (sulfide) groups is 1. The van der Waals surface area contributed by atoms with Crippen molar-refractivity contribution in [1.29, 1.82) is 0 Å². The van der Waals surface area contributed by atoms with E-state index in [1.54, 1.807) is 30.0 Å². The van der Waals surface area contributed by atoms with Gasteiger partial charge in [0, 0.05) is 9.37 Å². The SMILES string of the molecule is CSc1ccc(/C=C(\C(=O)O)c2ccc(Br)cc2)cc1. The summed E-state index contributed by atoms with van der Waals surface area (Å²) in [5.74, 6) is -0.929. The summed E-state index contributed by atoms with van der Waals surface area (Å²) in [5, 5.41) is 9.37. The highest BCUT2D eigenvalue weighted by Gasteiger charge is 2.10. The molecular formula is C16H13BrO2S. The lowest BCUT2D eigenvalue weighted by atomic mass is 10.0. The normalized spacial score (nSPS) is 11.4. The molecule has 0 amide bonds. The third-order valence-electron chi connectivity index (χ3n) is 2.81. The number of aliphatic carboxylic acids is 1. The molecule has 2 rings (SSSR count). The van der Waals surface area contributed by atoms with Gasteiger partial charge in [0.2, 0.25) is 0 Å². The molecule has 0 aliphatic heterocycles. The Morgan fingerprint density at radius 1 is 1.10 bits per heavy atom. The number of carboxylic acid groups (broad SMARTS) is 1. The van der Waals surface area contributed by atoms with Gasteiger partial charge in [0.25, 0.3) is 0 Å². The Labute approximate surface area is 130 Å². The Hall–Kier alpha value is -1.52. The third kappa shape index (κ3) is 3.74. The van der Waals surface area contributed by atoms with Crippen molar-refractivity contribution >= 4 is 45.3 Å². The summed E-state index contributed by atoms with van der Waals surface area (Å²) in [5.41, 5.74) is 1.85.